The number of morpholine rings is 1. The highest BCUT2D eigenvalue weighted by Crippen LogP contribution is 2.35. The summed E-state index contributed by atoms with van der Waals surface area (Å²) < 4.78 is 10.7. The molecule has 1 aromatic rings. The third-order valence-corrected chi connectivity index (χ3v) is 4.62. The summed E-state index contributed by atoms with van der Waals surface area (Å²) in [6.45, 7) is 7.54. The van der Waals surface area contributed by atoms with Gasteiger partial charge in [-0.15, -0.1) is 0 Å². The van der Waals surface area contributed by atoms with Gasteiger partial charge in [-0.2, -0.15) is 0 Å². The first kappa shape index (κ1) is 18.8. The van der Waals surface area contributed by atoms with Crippen LogP contribution in [0.2, 0.25) is 10.0 Å². The Balaban J connectivity index is 2.06. The summed E-state index contributed by atoms with van der Waals surface area (Å²) in [5.41, 5.74) is 0.726. The lowest BCUT2D eigenvalue weighted by Gasteiger charge is -2.26. The van der Waals surface area contributed by atoms with Gasteiger partial charge in [0.05, 0.1) is 18.2 Å². The van der Waals surface area contributed by atoms with Gasteiger partial charge in [-0.25, -0.2) is 0 Å². The number of halogens is 2. The van der Waals surface area contributed by atoms with Crippen molar-refractivity contribution < 1.29 is 19.1 Å². The van der Waals surface area contributed by atoms with Gasteiger partial charge in [-0.05, 0) is 24.1 Å². The van der Waals surface area contributed by atoms with Gasteiger partial charge in [0, 0.05) is 18.7 Å². The minimum absolute atomic E-state index is 0.104. The number of carbonyl (C=O) groups is 2. The molecule has 0 radical (unpaired) electrons. The summed E-state index contributed by atoms with van der Waals surface area (Å²) in [5, 5.41) is 0.216. The van der Waals surface area contributed by atoms with Crippen molar-refractivity contribution in [2.45, 2.75) is 13.3 Å². The first-order valence-electron chi connectivity index (χ1n) is 7.64. The van der Waals surface area contributed by atoms with Gasteiger partial charge in [-0.3, -0.25) is 9.59 Å². The molecule has 0 unspecified atom stereocenters. The maximum atomic E-state index is 12.2. The fourth-order valence-corrected chi connectivity index (χ4v) is 2.67. The van der Waals surface area contributed by atoms with E-state index in [1.54, 1.807) is 4.90 Å². The van der Waals surface area contributed by atoms with Crippen molar-refractivity contribution >= 4 is 34.9 Å². The molecule has 1 aliphatic rings. The number of hydrogen-bond acceptors (Lipinski definition) is 4. The number of allylic oxidation sites excluding steroid dienone is 1. The molecule has 7 heteroatoms. The van der Waals surface area contributed by atoms with Crippen LogP contribution in [0.25, 0.3) is 0 Å². The number of rotatable bonds is 6. The molecule has 0 aliphatic carbocycles. The zero-order valence-electron chi connectivity index (χ0n) is 13.4. The van der Waals surface area contributed by atoms with Gasteiger partial charge in [0.1, 0.15) is 10.8 Å². The molecule has 1 saturated heterocycles. The second-order valence-corrected chi connectivity index (χ2v) is 6.06. The van der Waals surface area contributed by atoms with Crippen LogP contribution in [0.5, 0.6) is 5.75 Å². The first-order valence-corrected chi connectivity index (χ1v) is 8.40. The SMILES string of the molecule is C=C(CC)C(=O)c1ccc(OCC(=O)N2CCOCC2)c(Cl)c1Cl. The highest BCUT2D eigenvalue weighted by Gasteiger charge is 2.20. The molecule has 0 bridgehead atoms. The Morgan fingerprint density at radius 1 is 1.25 bits per heavy atom. The van der Waals surface area contributed by atoms with Gasteiger partial charge < -0.3 is 14.4 Å². The van der Waals surface area contributed by atoms with E-state index >= 15 is 0 Å². The average molecular weight is 372 g/mol. The normalized spacial score (nSPS) is 14.4. The monoisotopic (exact) mass is 371 g/mol. The molecule has 1 heterocycles. The standard InChI is InChI=1S/C17H19Cl2NO4/c1-3-11(2)17(22)12-4-5-13(16(19)15(12)18)24-10-14(21)20-6-8-23-9-7-20/h4-5H,2-3,6-10H2,1H3. The van der Waals surface area contributed by atoms with E-state index in [1.165, 1.54) is 12.1 Å². The lowest BCUT2D eigenvalue weighted by atomic mass is 10.0. The Morgan fingerprint density at radius 2 is 1.92 bits per heavy atom. The molecule has 0 N–H and O–H groups in total. The van der Waals surface area contributed by atoms with Crippen LogP contribution in [0.3, 0.4) is 0 Å². The molecule has 2 rings (SSSR count). The molecule has 24 heavy (non-hydrogen) atoms. The highest BCUT2D eigenvalue weighted by atomic mass is 35.5. The summed E-state index contributed by atoms with van der Waals surface area (Å²) in [6, 6.07) is 3.07. The molecular formula is C17H19Cl2NO4. The summed E-state index contributed by atoms with van der Waals surface area (Å²) in [6.07, 6.45) is 0.527. The van der Waals surface area contributed by atoms with E-state index in [9.17, 15) is 9.59 Å². The van der Waals surface area contributed by atoms with Crippen LogP contribution in [-0.2, 0) is 9.53 Å². The lowest BCUT2D eigenvalue weighted by molar-refractivity contribution is -0.137. The molecule has 0 aromatic heterocycles. The maximum Gasteiger partial charge on any atom is 0.260 e. The summed E-state index contributed by atoms with van der Waals surface area (Å²) in [5.74, 6) is -0.132. The topological polar surface area (TPSA) is 55.8 Å². The van der Waals surface area contributed by atoms with Crippen LogP contribution in [0.1, 0.15) is 23.7 Å². The van der Waals surface area contributed by atoms with E-state index in [0.29, 0.717) is 38.3 Å². The highest BCUT2D eigenvalue weighted by molar-refractivity contribution is 6.45. The molecule has 1 amide bonds. The van der Waals surface area contributed by atoms with Gasteiger partial charge >= 0.3 is 0 Å². The number of Topliss-reactive ketones (excluding diaryl/α,β-unsaturated/α-hetero) is 1. The third kappa shape index (κ3) is 4.29. The van der Waals surface area contributed by atoms with Crippen LogP contribution >= 0.6 is 23.2 Å². The van der Waals surface area contributed by atoms with Gasteiger partial charge in [0.25, 0.3) is 5.91 Å². The second kappa shape index (κ2) is 8.51. The van der Waals surface area contributed by atoms with E-state index < -0.39 is 0 Å². The number of carbonyl (C=O) groups excluding carboxylic acids is 2. The summed E-state index contributed by atoms with van der Waals surface area (Å²) in [7, 11) is 0. The zero-order chi connectivity index (χ0) is 17.7. The molecule has 0 spiro atoms. The van der Waals surface area contributed by atoms with Crippen molar-refractivity contribution in [3.63, 3.8) is 0 Å². The Hall–Kier alpha value is -1.56. The van der Waals surface area contributed by atoms with Crippen LogP contribution in [0.4, 0.5) is 0 Å². The Morgan fingerprint density at radius 3 is 2.54 bits per heavy atom. The summed E-state index contributed by atoms with van der Waals surface area (Å²) in [4.78, 5) is 25.9. The molecule has 130 valence electrons. The van der Waals surface area contributed by atoms with E-state index in [4.69, 9.17) is 32.7 Å². The van der Waals surface area contributed by atoms with E-state index in [0.717, 1.165) is 0 Å². The smallest absolute Gasteiger partial charge is 0.260 e. The number of benzene rings is 1. The predicted octanol–water partition coefficient (Wildman–Crippen LogP) is 3.38. The zero-order valence-corrected chi connectivity index (χ0v) is 15.0. The van der Waals surface area contributed by atoms with Crippen molar-refractivity contribution in [3.05, 3.63) is 39.9 Å². The van der Waals surface area contributed by atoms with E-state index in [-0.39, 0.29) is 39.7 Å². The maximum absolute atomic E-state index is 12.2. The van der Waals surface area contributed by atoms with Crippen LogP contribution in [0.15, 0.2) is 24.3 Å². The molecule has 5 nitrogen and oxygen atoms in total. The quantitative estimate of drug-likeness (QED) is 0.568. The van der Waals surface area contributed by atoms with Crippen molar-refractivity contribution in [2.24, 2.45) is 0 Å². The molecule has 1 aromatic carbocycles. The first-order chi connectivity index (χ1) is 11.5. The van der Waals surface area contributed by atoms with E-state index in [2.05, 4.69) is 6.58 Å². The molecule has 1 fully saturated rings. The Bertz CT molecular complexity index is 654. The van der Waals surface area contributed by atoms with Gasteiger partial charge in [-0.1, -0.05) is 36.7 Å². The van der Waals surface area contributed by atoms with Crippen LogP contribution < -0.4 is 4.74 Å². The van der Waals surface area contributed by atoms with Crippen molar-refractivity contribution in [3.8, 4) is 5.75 Å². The number of amides is 1. The fraction of sp³-hybridized carbons (Fsp3) is 0.412. The Labute approximate surface area is 151 Å². The lowest BCUT2D eigenvalue weighted by Crippen LogP contribution is -2.43. The van der Waals surface area contributed by atoms with Gasteiger partial charge in [0.15, 0.2) is 12.4 Å². The number of hydrogen-bond donors (Lipinski definition) is 0. The molecule has 0 atom stereocenters. The minimum atomic E-state index is -0.250. The fourth-order valence-electron chi connectivity index (χ4n) is 2.21. The van der Waals surface area contributed by atoms with Crippen molar-refractivity contribution in [2.75, 3.05) is 32.9 Å². The Kier molecular flexibility index (Phi) is 6.66. The largest absolute Gasteiger partial charge is 0.482 e. The van der Waals surface area contributed by atoms with E-state index in [1.807, 2.05) is 6.92 Å². The average Bonchev–Trinajstić information content (AvgIpc) is 2.62. The van der Waals surface area contributed by atoms with Crippen molar-refractivity contribution in [1.29, 1.82) is 0 Å². The number of nitrogens with zero attached hydrogens (tertiary/aromatic N) is 1. The molecular weight excluding hydrogens is 353 g/mol. The van der Waals surface area contributed by atoms with Crippen LogP contribution in [-0.4, -0.2) is 49.5 Å². The summed E-state index contributed by atoms with van der Waals surface area (Å²) >= 11 is 12.3. The predicted molar refractivity (Wildman–Crippen MR) is 93.1 cm³/mol. The number of ether oxygens (including phenoxy) is 2. The number of ketones is 1. The molecule has 0 saturated carbocycles. The van der Waals surface area contributed by atoms with Gasteiger partial charge in [0.2, 0.25) is 0 Å². The van der Waals surface area contributed by atoms with Crippen LogP contribution in [0, 0.1) is 0 Å². The van der Waals surface area contributed by atoms with Crippen molar-refractivity contribution in [1.82, 2.24) is 4.90 Å². The third-order valence-electron chi connectivity index (χ3n) is 3.75. The minimum Gasteiger partial charge on any atom is -0.482 e. The molecule has 1 aliphatic heterocycles. The second-order valence-electron chi connectivity index (χ2n) is 5.31.